The number of benzene rings is 2. The normalized spacial score (nSPS) is 13.2. The first kappa shape index (κ1) is 19.3. The number of nitro groups is 1. The van der Waals surface area contributed by atoms with E-state index in [1.807, 2.05) is 4.90 Å². The molecule has 0 unspecified atom stereocenters. The Morgan fingerprint density at radius 2 is 1.82 bits per heavy atom. The number of nitrogens with zero attached hydrogens (tertiary/aromatic N) is 2. The van der Waals surface area contributed by atoms with Crippen LogP contribution < -0.4 is 10.2 Å². The van der Waals surface area contributed by atoms with E-state index in [0.29, 0.717) is 11.4 Å². The minimum absolute atomic E-state index is 0.00997. The molecule has 1 fully saturated rings. The molecule has 1 aliphatic heterocycles. The largest absolute Gasteiger partial charge is 0.452 e. The van der Waals surface area contributed by atoms with E-state index in [-0.39, 0.29) is 11.3 Å². The predicted octanol–water partition coefficient (Wildman–Crippen LogP) is 3.13. The number of ether oxygens (including phenoxy) is 1. The summed E-state index contributed by atoms with van der Waals surface area (Å²) in [6.07, 6.45) is 1.92. The van der Waals surface area contributed by atoms with Crippen LogP contribution in [0.2, 0.25) is 0 Å². The van der Waals surface area contributed by atoms with Crippen LogP contribution >= 0.6 is 0 Å². The zero-order chi connectivity index (χ0) is 20.1. The average Bonchev–Trinajstić information content (AvgIpc) is 3.22. The van der Waals surface area contributed by atoms with Crippen LogP contribution in [0.5, 0.6) is 0 Å². The van der Waals surface area contributed by atoms with Gasteiger partial charge < -0.3 is 15.0 Å². The Hall–Kier alpha value is -3.49. The molecule has 146 valence electrons. The van der Waals surface area contributed by atoms with Gasteiger partial charge in [-0.2, -0.15) is 0 Å². The van der Waals surface area contributed by atoms with Gasteiger partial charge in [0, 0.05) is 24.8 Å². The predicted molar refractivity (Wildman–Crippen MR) is 99.9 cm³/mol. The van der Waals surface area contributed by atoms with Crippen LogP contribution in [-0.4, -0.2) is 36.5 Å². The van der Waals surface area contributed by atoms with Crippen LogP contribution in [0.3, 0.4) is 0 Å². The number of anilines is 2. The molecule has 3 rings (SSSR count). The first-order valence-corrected chi connectivity index (χ1v) is 8.70. The molecule has 0 atom stereocenters. The topological polar surface area (TPSA) is 102 Å². The molecule has 0 aliphatic carbocycles. The van der Waals surface area contributed by atoms with Crippen LogP contribution in [0.15, 0.2) is 42.5 Å². The average molecular weight is 387 g/mol. The van der Waals surface area contributed by atoms with Gasteiger partial charge in [0.25, 0.3) is 11.6 Å². The first-order valence-electron chi connectivity index (χ1n) is 8.70. The number of amides is 1. The zero-order valence-corrected chi connectivity index (χ0v) is 14.9. The van der Waals surface area contributed by atoms with Crippen molar-refractivity contribution in [2.24, 2.45) is 0 Å². The molecule has 0 radical (unpaired) electrons. The molecule has 1 heterocycles. The molecular weight excluding hydrogens is 369 g/mol. The Kier molecular flexibility index (Phi) is 5.83. The van der Waals surface area contributed by atoms with Crippen molar-refractivity contribution in [1.82, 2.24) is 0 Å². The number of nitrogens with one attached hydrogen (secondary N) is 1. The summed E-state index contributed by atoms with van der Waals surface area (Å²) in [7, 11) is 0. The third-order valence-corrected chi connectivity index (χ3v) is 4.32. The molecule has 28 heavy (non-hydrogen) atoms. The van der Waals surface area contributed by atoms with E-state index in [4.69, 9.17) is 4.74 Å². The highest BCUT2D eigenvalue weighted by Crippen LogP contribution is 2.31. The summed E-state index contributed by atoms with van der Waals surface area (Å²) in [6, 6.07) is 9.24. The maximum Gasteiger partial charge on any atom is 0.338 e. The van der Waals surface area contributed by atoms with E-state index in [0.717, 1.165) is 32.0 Å². The Balaban J connectivity index is 1.63. The van der Waals surface area contributed by atoms with Crippen molar-refractivity contribution in [1.29, 1.82) is 0 Å². The van der Waals surface area contributed by atoms with Crippen LogP contribution in [0.1, 0.15) is 23.2 Å². The molecule has 0 bridgehead atoms. The van der Waals surface area contributed by atoms with Gasteiger partial charge in [0.05, 0.1) is 10.5 Å². The van der Waals surface area contributed by atoms with Crippen molar-refractivity contribution in [3.8, 4) is 0 Å². The fourth-order valence-corrected chi connectivity index (χ4v) is 2.97. The van der Waals surface area contributed by atoms with Crippen molar-refractivity contribution in [2.45, 2.75) is 12.8 Å². The lowest BCUT2D eigenvalue weighted by Crippen LogP contribution is -2.21. The molecule has 1 amide bonds. The van der Waals surface area contributed by atoms with E-state index in [1.165, 1.54) is 36.4 Å². The van der Waals surface area contributed by atoms with Gasteiger partial charge in [0.2, 0.25) is 0 Å². The van der Waals surface area contributed by atoms with Gasteiger partial charge in [0.15, 0.2) is 6.61 Å². The molecular formula is C19H18FN3O5. The SMILES string of the molecule is O=C(COC(=O)c1ccc(N2CCCC2)c([N+](=O)[O-])c1)Nc1ccc(F)cc1. The van der Waals surface area contributed by atoms with Crippen molar-refractivity contribution in [2.75, 3.05) is 29.9 Å². The minimum Gasteiger partial charge on any atom is -0.452 e. The molecule has 8 nitrogen and oxygen atoms in total. The second-order valence-electron chi connectivity index (χ2n) is 6.29. The highest BCUT2D eigenvalue weighted by Gasteiger charge is 2.24. The third kappa shape index (κ3) is 4.61. The fraction of sp³-hybridized carbons (Fsp3) is 0.263. The summed E-state index contributed by atoms with van der Waals surface area (Å²) < 4.78 is 17.8. The van der Waals surface area contributed by atoms with Crippen molar-refractivity contribution in [3.63, 3.8) is 0 Å². The number of hydrogen-bond acceptors (Lipinski definition) is 6. The van der Waals surface area contributed by atoms with Crippen LogP contribution in [0, 0.1) is 15.9 Å². The third-order valence-electron chi connectivity index (χ3n) is 4.32. The Bertz CT molecular complexity index is 895. The van der Waals surface area contributed by atoms with E-state index in [2.05, 4.69) is 5.32 Å². The number of rotatable bonds is 6. The van der Waals surface area contributed by atoms with Crippen molar-refractivity contribution >= 4 is 28.9 Å². The van der Waals surface area contributed by atoms with E-state index in [9.17, 15) is 24.1 Å². The number of nitro benzene ring substituents is 1. The quantitative estimate of drug-likeness (QED) is 0.464. The van der Waals surface area contributed by atoms with Gasteiger partial charge in [-0.25, -0.2) is 9.18 Å². The van der Waals surface area contributed by atoms with E-state index >= 15 is 0 Å². The standard InChI is InChI=1S/C19H18FN3O5/c20-14-4-6-15(7-5-14)21-18(24)12-28-19(25)13-3-8-16(17(11-13)23(26)27)22-9-1-2-10-22/h3-8,11H,1-2,9-10,12H2,(H,21,24). The molecule has 2 aromatic carbocycles. The number of hydrogen-bond donors (Lipinski definition) is 1. The number of halogens is 1. The maximum atomic E-state index is 12.8. The molecule has 1 saturated heterocycles. The first-order chi connectivity index (χ1) is 13.4. The van der Waals surface area contributed by atoms with Crippen LogP contribution in [-0.2, 0) is 9.53 Å². The highest BCUT2D eigenvalue weighted by molar-refractivity contribution is 5.96. The second-order valence-corrected chi connectivity index (χ2v) is 6.29. The summed E-state index contributed by atoms with van der Waals surface area (Å²) in [4.78, 5) is 36.8. The van der Waals surface area contributed by atoms with E-state index < -0.39 is 29.2 Å². The Morgan fingerprint density at radius 3 is 2.46 bits per heavy atom. The molecule has 0 aromatic heterocycles. The highest BCUT2D eigenvalue weighted by atomic mass is 19.1. The monoisotopic (exact) mass is 387 g/mol. The molecule has 1 N–H and O–H groups in total. The zero-order valence-electron chi connectivity index (χ0n) is 14.9. The van der Waals surface area contributed by atoms with Gasteiger partial charge in [-0.1, -0.05) is 0 Å². The Labute approximate surface area is 160 Å². The van der Waals surface area contributed by atoms with Gasteiger partial charge in [-0.05, 0) is 49.2 Å². The lowest BCUT2D eigenvalue weighted by molar-refractivity contribution is -0.384. The van der Waals surface area contributed by atoms with Gasteiger partial charge in [-0.3, -0.25) is 14.9 Å². The molecule has 0 spiro atoms. The molecule has 2 aromatic rings. The van der Waals surface area contributed by atoms with Crippen molar-refractivity contribution < 1.29 is 23.6 Å². The number of esters is 1. The van der Waals surface area contributed by atoms with Crippen LogP contribution in [0.25, 0.3) is 0 Å². The smallest absolute Gasteiger partial charge is 0.338 e. The fourth-order valence-electron chi connectivity index (χ4n) is 2.97. The van der Waals surface area contributed by atoms with E-state index in [1.54, 1.807) is 0 Å². The number of carbonyl (C=O) groups is 2. The van der Waals surface area contributed by atoms with Gasteiger partial charge in [-0.15, -0.1) is 0 Å². The van der Waals surface area contributed by atoms with Crippen LogP contribution in [0.4, 0.5) is 21.5 Å². The van der Waals surface area contributed by atoms with Crippen molar-refractivity contribution in [3.05, 3.63) is 64.0 Å². The molecule has 1 aliphatic rings. The second kappa shape index (κ2) is 8.47. The van der Waals surface area contributed by atoms with Gasteiger partial charge >= 0.3 is 5.97 Å². The minimum atomic E-state index is -0.842. The maximum absolute atomic E-state index is 12.8. The number of carbonyl (C=O) groups excluding carboxylic acids is 2. The van der Waals surface area contributed by atoms with Gasteiger partial charge in [0.1, 0.15) is 11.5 Å². The summed E-state index contributed by atoms with van der Waals surface area (Å²) >= 11 is 0. The lowest BCUT2D eigenvalue weighted by Gasteiger charge is -2.17. The molecule has 0 saturated carbocycles. The summed E-state index contributed by atoms with van der Waals surface area (Å²) in [5.74, 6) is -1.89. The summed E-state index contributed by atoms with van der Waals surface area (Å²) in [6.45, 7) is 0.889. The summed E-state index contributed by atoms with van der Waals surface area (Å²) in [5, 5.41) is 13.8. The Morgan fingerprint density at radius 1 is 1.14 bits per heavy atom. The lowest BCUT2D eigenvalue weighted by atomic mass is 10.1. The molecule has 9 heteroatoms. The summed E-state index contributed by atoms with van der Waals surface area (Å²) in [5.41, 5.74) is 0.637.